The molecule has 0 aliphatic heterocycles. The Bertz CT molecular complexity index is 268. The van der Waals surface area contributed by atoms with Crippen LogP contribution in [-0.2, 0) is 4.79 Å². The first-order valence-corrected chi connectivity index (χ1v) is 7.93. The van der Waals surface area contributed by atoms with Gasteiger partial charge in [-0.3, -0.25) is 4.79 Å². The molecule has 2 saturated carbocycles. The van der Waals surface area contributed by atoms with Crippen molar-refractivity contribution in [1.82, 2.24) is 4.90 Å². The predicted molar refractivity (Wildman–Crippen MR) is 75.6 cm³/mol. The van der Waals surface area contributed by atoms with Crippen LogP contribution in [0.2, 0.25) is 0 Å². The Morgan fingerprint density at radius 1 is 1.11 bits per heavy atom. The molecule has 0 aromatic heterocycles. The maximum atomic E-state index is 11.9. The number of carbonyl (C=O) groups is 1. The molecule has 0 saturated heterocycles. The van der Waals surface area contributed by atoms with Crippen LogP contribution in [0.25, 0.3) is 0 Å². The van der Waals surface area contributed by atoms with Crippen molar-refractivity contribution in [3.63, 3.8) is 0 Å². The monoisotopic (exact) mass is 251 g/mol. The lowest BCUT2D eigenvalue weighted by Crippen LogP contribution is -2.40. The molecular weight excluding hydrogens is 222 g/mol. The average Bonchev–Trinajstić information content (AvgIpc) is 2.41. The fraction of sp³-hybridized carbons (Fsp3) is 0.938. The largest absolute Gasteiger partial charge is 0.303 e. The third kappa shape index (κ3) is 3.57. The number of hydrogen-bond acceptors (Lipinski definition) is 2. The zero-order chi connectivity index (χ0) is 13.0. The van der Waals surface area contributed by atoms with Gasteiger partial charge in [-0.2, -0.15) is 0 Å². The Labute approximate surface area is 112 Å². The van der Waals surface area contributed by atoms with E-state index in [1.54, 1.807) is 0 Å². The molecule has 0 radical (unpaired) electrons. The molecule has 2 aliphatic carbocycles. The van der Waals surface area contributed by atoms with Crippen molar-refractivity contribution in [3.8, 4) is 0 Å². The summed E-state index contributed by atoms with van der Waals surface area (Å²) >= 11 is 0. The summed E-state index contributed by atoms with van der Waals surface area (Å²) < 4.78 is 0. The first-order valence-electron chi connectivity index (χ1n) is 7.93. The second-order valence-corrected chi connectivity index (χ2v) is 6.43. The van der Waals surface area contributed by atoms with Gasteiger partial charge in [0.2, 0.25) is 0 Å². The molecule has 0 aromatic carbocycles. The number of rotatable bonds is 4. The number of Topliss-reactive ketones (excluding diaryl/α,β-unsaturated/α-hetero) is 1. The van der Waals surface area contributed by atoms with Crippen LogP contribution < -0.4 is 0 Å². The van der Waals surface area contributed by atoms with Crippen LogP contribution >= 0.6 is 0 Å². The highest BCUT2D eigenvalue weighted by atomic mass is 16.1. The van der Waals surface area contributed by atoms with Crippen molar-refractivity contribution in [2.24, 2.45) is 11.8 Å². The maximum Gasteiger partial charge on any atom is 0.137 e. The summed E-state index contributed by atoms with van der Waals surface area (Å²) in [6, 6.07) is 0.738. The van der Waals surface area contributed by atoms with Gasteiger partial charge in [0.25, 0.3) is 0 Å². The summed E-state index contributed by atoms with van der Waals surface area (Å²) in [6.45, 7) is 3.33. The number of carbonyl (C=O) groups excluding carboxylic acids is 1. The molecule has 2 heteroatoms. The Morgan fingerprint density at radius 3 is 2.44 bits per heavy atom. The van der Waals surface area contributed by atoms with Gasteiger partial charge in [0.15, 0.2) is 0 Å². The molecule has 0 bridgehead atoms. The van der Waals surface area contributed by atoms with E-state index < -0.39 is 0 Å². The van der Waals surface area contributed by atoms with Gasteiger partial charge >= 0.3 is 0 Å². The summed E-state index contributed by atoms with van der Waals surface area (Å²) in [4.78, 5) is 14.4. The van der Waals surface area contributed by atoms with Gasteiger partial charge in [0.05, 0.1) is 0 Å². The first-order chi connectivity index (χ1) is 8.70. The van der Waals surface area contributed by atoms with Gasteiger partial charge in [-0.05, 0) is 51.5 Å². The van der Waals surface area contributed by atoms with Gasteiger partial charge in [-0.15, -0.1) is 0 Å². The Morgan fingerprint density at radius 2 is 1.83 bits per heavy atom. The van der Waals surface area contributed by atoms with Gasteiger partial charge in [-0.25, -0.2) is 0 Å². The average molecular weight is 251 g/mol. The number of ketones is 1. The molecule has 1 atom stereocenters. The van der Waals surface area contributed by atoms with Crippen LogP contribution in [0.1, 0.15) is 64.7 Å². The van der Waals surface area contributed by atoms with Crippen LogP contribution in [0.4, 0.5) is 0 Å². The maximum absolute atomic E-state index is 11.9. The topological polar surface area (TPSA) is 20.3 Å². The van der Waals surface area contributed by atoms with Gasteiger partial charge in [0.1, 0.15) is 5.78 Å². The molecule has 104 valence electrons. The molecule has 0 N–H and O–H groups in total. The zero-order valence-corrected chi connectivity index (χ0v) is 12.2. The van der Waals surface area contributed by atoms with Crippen molar-refractivity contribution >= 4 is 5.78 Å². The second kappa shape index (κ2) is 6.70. The van der Waals surface area contributed by atoms with E-state index in [1.807, 2.05) is 0 Å². The summed E-state index contributed by atoms with van der Waals surface area (Å²) in [7, 11) is 2.23. The minimum absolute atomic E-state index is 0.340. The molecule has 0 spiro atoms. The minimum atomic E-state index is 0.340. The summed E-state index contributed by atoms with van der Waals surface area (Å²) in [5.74, 6) is 1.83. The van der Waals surface area contributed by atoms with E-state index in [9.17, 15) is 4.79 Å². The van der Waals surface area contributed by atoms with E-state index in [0.29, 0.717) is 11.7 Å². The highest BCUT2D eigenvalue weighted by Gasteiger charge is 2.28. The SMILES string of the molecule is CCC1CCC(N(C)CC2CCCCC2=O)CC1. The Kier molecular flexibility index (Phi) is 5.23. The van der Waals surface area contributed by atoms with Crippen molar-refractivity contribution in [2.45, 2.75) is 70.8 Å². The zero-order valence-electron chi connectivity index (χ0n) is 12.2. The van der Waals surface area contributed by atoms with Crippen LogP contribution in [0.5, 0.6) is 0 Å². The molecule has 0 heterocycles. The minimum Gasteiger partial charge on any atom is -0.303 e. The Hall–Kier alpha value is -0.370. The fourth-order valence-corrected chi connectivity index (χ4v) is 3.74. The second-order valence-electron chi connectivity index (χ2n) is 6.43. The lowest BCUT2D eigenvalue weighted by Gasteiger charge is -2.36. The van der Waals surface area contributed by atoms with Crippen molar-refractivity contribution < 1.29 is 4.79 Å². The van der Waals surface area contributed by atoms with Crippen molar-refractivity contribution in [1.29, 1.82) is 0 Å². The quantitative estimate of drug-likeness (QED) is 0.760. The fourth-order valence-electron chi connectivity index (χ4n) is 3.74. The van der Waals surface area contributed by atoms with E-state index >= 15 is 0 Å². The van der Waals surface area contributed by atoms with Crippen LogP contribution in [0, 0.1) is 11.8 Å². The molecular formula is C16H29NO. The van der Waals surface area contributed by atoms with Gasteiger partial charge in [0, 0.05) is 24.9 Å². The smallest absolute Gasteiger partial charge is 0.137 e. The molecule has 1 unspecified atom stereocenters. The van der Waals surface area contributed by atoms with Gasteiger partial charge in [-0.1, -0.05) is 19.8 Å². The standard InChI is InChI=1S/C16H29NO/c1-3-13-8-10-15(11-9-13)17(2)12-14-6-4-5-7-16(14)18/h13-15H,3-12H2,1-2H3. The lowest BCUT2D eigenvalue weighted by atomic mass is 9.83. The highest BCUT2D eigenvalue weighted by Crippen LogP contribution is 2.30. The van der Waals surface area contributed by atoms with E-state index in [1.165, 1.54) is 38.5 Å². The van der Waals surface area contributed by atoms with E-state index in [4.69, 9.17) is 0 Å². The molecule has 0 amide bonds. The van der Waals surface area contributed by atoms with Crippen LogP contribution in [0.3, 0.4) is 0 Å². The first kappa shape index (κ1) is 14.0. The predicted octanol–water partition coefficient (Wildman–Crippen LogP) is 3.65. The molecule has 2 rings (SSSR count). The summed E-state index contributed by atoms with van der Waals surface area (Å²) in [5.41, 5.74) is 0. The van der Waals surface area contributed by atoms with Gasteiger partial charge < -0.3 is 4.90 Å². The molecule has 2 nitrogen and oxygen atoms in total. The van der Waals surface area contributed by atoms with Crippen LogP contribution in [-0.4, -0.2) is 30.3 Å². The normalized spacial score (nSPS) is 33.9. The Balaban J connectivity index is 1.77. The molecule has 2 aliphatic rings. The molecule has 2 fully saturated rings. The molecule has 0 aromatic rings. The van der Waals surface area contributed by atoms with Crippen LogP contribution in [0.15, 0.2) is 0 Å². The number of hydrogen-bond donors (Lipinski definition) is 0. The summed E-state index contributed by atoms with van der Waals surface area (Å²) in [5, 5.41) is 0. The van der Waals surface area contributed by atoms with Crippen molar-refractivity contribution in [2.75, 3.05) is 13.6 Å². The van der Waals surface area contributed by atoms with E-state index in [0.717, 1.165) is 37.8 Å². The third-order valence-corrected chi connectivity index (χ3v) is 5.21. The summed E-state index contributed by atoms with van der Waals surface area (Å²) in [6.07, 6.45) is 11.2. The molecule has 18 heavy (non-hydrogen) atoms. The van der Waals surface area contributed by atoms with E-state index in [2.05, 4.69) is 18.9 Å². The highest BCUT2D eigenvalue weighted by molar-refractivity contribution is 5.81. The third-order valence-electron chi connectivity index (χ3n) is 5.21. The van der Waals surface area contributed by atoms with Crippen molar-refractivity contribution in [3.05, 3.63) is 0 Å². The van der Waals surface area contributed by atoms with E-state index in [-0.39, 0.29) is 0 Å². The number of nitrogens with zero attached hydrogens (tertiary/aromatic N) is 1. The lowest BCUT2D eigenvalue weighted by molar-refractivity contribution is -0.125.